The molecular formula is C19H24O7S. The Kier molecular flexibility index (Phi) is 7.18. The second-order valence-electron chi connectivity index (χ2n) is 6.37. The van der Waals surface area contributed by atoms with Crippen molar-refractivity contribution >= 4 is 24.7 Å². The number of phenols is 1. The molecule has 0 aliphatic carbocycles. The van der Waals surface area contributed by atoms with Crippen molar-refractivity contribution in [3.05, 3.63) is 41.2 Å². The molecule has 0 bridgehead atoms. The lowest BCUT2D eigenvalue weighted by Gasteiger charge is -2.20. The molecule has 0 fully saturated rings. The van der Waals surface area contributed by atoms with E-state index in [0.717, 1.165) is 0 Å². The number of carbonyl (C=O) groups is 1. The molecule has 1 heterocycles. The Morgan fingerprint density at radius 3 is 2.63 bits per heavy atom. The van der Waals surface area contributed by atoms with E-state index in [2.05, 4.69) is 12.6 Å². The minimum Gasteiger partial charge on any atom is -0.510 e. The summed E-state index contributed by atoms with van der Waals surface area (Å²) < 4.78 is 10.5. The number of ether oxygens (including phenoxy) is 2. The number of fused-ring (bicyclic) bond motifs is 1. The Balaban J connectivity index is 2.47. The summed E-state index contributed by atoms with van der Waals surface area (Å²) in [6.07, 6.45) is 1.27. The fourth-order valence-electron chi connectivity index (χ4n) is 2.75. The minimum absolute atomic E-state index is 0.000827. The van der Waals surface area contributed by atoms with Crippen LogP contribution in [0.15, 0.2) is 30.0 Å². The highest BCUT2D eigenvalue weighted by Gasteiger charge is 2.24. The molecule has 1 aliphatic rings. The van der Waals surface area contributed by atoms with Gasteiger partial charge in [-0.1, -0.05) is 12.2 Å². The van der Waals surface area contributed by atoms with Crippen molar-refractivity contribution in [2.75, 3.05) is 7.11 Å². The number of methoxy groups -OCH3 is 1. The van der Waals surface area contributed by atoms with Crippen LogP contribution in [0.5, 0.6) is 11.5 Å². The van der Waals surface area contributed by atoms with Gasteiger partial charge in [0.05, 0.1) is 13.2 Å². The summed E-state index contributed by atoms with van der Waals surface area (Å²) in [7, 11) is 1.43. The average Bonchev–Trinajstić information content (AvgIpc) is 2.58. The summed E-state index contributed by atoms with van der Waals surface area (Å²) in [5.74, 6) is -1.06. The van der Waals surface area contributed by atoms with Gasteiger partial charge in [-0.15, -0.1) is 0 Å². The van der Waals surface area contributed by atoms with Crippen LogP contribution in [0.3, 0.4) is 0 Å². The van der Waals surface area contributed by atoms with E-state index in [1.807, 2.05) is 0 Å². The van der Waals surface area contributed by atoms with Crippen LogP contribution in [0.2, 0.25) is 0 Å². The molecule has 148 valence electrons. The number of aliphatic hydroxyl groups is 3. The quantitative estimate of drug-likeness (QED) is 0.365. The van der Waals surface area contributed by atoms with Crippen molar-refractivity contribution in [2.24, 2.45) is 0 Å². The van der Waals surface area contributed by atoms with Crippen molar-refractivity contribution in [3.63, 3.8) is 0 Å². The molecule has 0 saturated carbocycles. The van der Waals surface area contributed by atoms with Gasteiger partial charge in [-0.2, -0.15) is 12.6 Å². The second-order valence-corrected chi connectivity index (χ2v) is 7.03. The number of thiol groups is 1. The van der Waals surface area contributed by atoms with E-state index in [1.54, 1.807) is 13.0 Å². The zero-order chi connectivity index (χ0) is 20.1. The van der Waals surface area contributed by atoms with Gasteiger partial charge in [-0.25, -0.2) is 4.79 Å². The van der Waals surface area contributed by atoms with Crippen molar-refractivity contribution in [1.82, 2.24) is 0 Å². The maximum atomic E-state index is 12.6. The molecule has 4 N–H and O–H groups in total. The number of carbonyl (C=O) groups excluding carboxylic acids is 1. The number of hydrogen-bond acceptors (Lipinski definition) is 8. The lowest BCUT2D eigenvalue weighted by Crippen LogP contribution is -2.28. The van der Waals surface area contributed by atoms with E-state index in [1.165, 1.54) is 31.4 Å². The molecule has 0 aromatic heterocycles. The van der Waals surface area contributed by atoms with E-state index in [4.69, 9.17) is 9.47 Å². The molecule has 1 aromatic rings. The normalized spacial score (nSPS) is 30.3. The monoisotopic (exact) mass is 396 g/mol. The van der Waals surface area contributed by atoms with Crippen LogP contribution in [-0.4, -0.2) is 57.1 Å². The molecule has 8 heteroatoms. The molecule has 1 aromatic carbocycles. The molecule has 4 atom stereocenters. The molecule has 2 rings (SSSR count). The zero-order valence-corrected chi connectivity index (χ0v) is 16.0. The molecule has 0 radical (unpaired) electrons. The number of phenolic OH excluding ortho intramolecular Hbond substituents is 1. The number of cyclic esters (lactones) is 1. The first-order valence-corrected chi connectivity index (χ1v) is 8.98. The van der Waals surface area contributed by atoms with Crippen LogP contribution >= 0.6 is 12.6 Å². The van der Waals surface area contributed by atoms with Gasteiger partial charge in [0.2, 0.25) is 0 Å². The van der Waals surface area contributed by atoms with Crippen LogP contribution < -0.4 is 4.74 Å². The number of esters is 1. The lowest BCUT2D eigenvalue weighted by atomic mass is 10.0. The topological polar surface area (TPSA) is 116 Å². The van der Waals surface area contributed by atoms with Gasteiger partial charge in [-0.05, 0) is 37.5 Å². The molecule has 0 saturated heterocycles. The summed E-state index contributed by atoms with van der Waals surface area (Å²) in [6.45, 7) is 1.65. The molecule has 27 heavy (non-hydrogen) atoms. The molecule has 1 aliphatic heterocycles. The van der Waals surface area contributed by atoms with Gasteiger partial charge in [0, 0.05) is 11.3 Å². The van der Waals surface area contributed by atoms with Crippen molar-refractivity contribution in [3.8, 4) is 11.5 Å². The molecule has 7 nitrogen and oxygen atoms in total. The summed E-state index contributed by atoms with van der Waals surface area (Å²) in [5.41, 5.74) is 0.310. The van der Waals surface area contributed by atoms with Gasteiger partial charge in [0.1, 0.15) is 35.0 Å². The van der Waals surface area contributed by atoms with Gasteiger partial charge in [0.25, 0.3) is 0 Å². The fourth-order valence-corrected chi connectivity index (χ4v) is 3.20. The fraction of sp³-hybridized carbons (Fsp3) is 0.421. The van der Waals surface area contributed by atoms with Crippen LogP contribution in [0.4, 0.5) is 0 Å². The first-order valence-electron chi connectivity index (χ1n) is 8.46. The Labute approximate surface area is 163 Å². The summed E-state index contributed by atoms with van der Waals surface area (Å²) in [4.78, 5) is 12.6. The molecule has 0 amide bonds. The van der Waals surface area contributed by atoms with Gasteiger partial charge in [-0.3, -0.25) is 0 Å². The van der Waals surface area contributed by atoms with Crippen molar-refractivity contribution in [2.45, 2.75) is 43.3 Å². The Morgan fingerprint density at radius 2 is 1.96 bits per heavy atom. The highest BCUT2D eigenvalue weighted by Crippen LogP contribution is 2.30. The van der Waals surface area contributed by atoms with Gasteiger partial charge >= 0.3 is 5.97 Å². The standard InChI is InChI=1S/C19H24O7S/c1-10-6-13(27)9-16(22)18(23)14(20)5-3-4-11-7-12(25-2)8-15(21)17(11)19(24)26-10/h3-4,7-10,13-14,18,20-23,27H,5-6H2,1-2H3/b4-3+,16-9+/t10-,13+,14-,18-/m0/s1. The molecule has 0 spiro atoms. The van der Waals surface area contributed by atoms with E-state index in [9.17, 15) is 25.2 Å². The SMILES string of the molecule is COc1cc(O)c2c(c1)/C=C/C[C@H](O)[C@H](O)/C(O)=C\[C@H](S)C[C@H](C)OC2=O. The van der Waals surface area contributed by atoms with Gasteiger partial charge < -0.3 is 29.9 Å². The van der Waals surface area contributed by atoms with Crippen LogP contribution in [0.25, 0.3) is 6.08 Å². The highest BCUT2D eigenvalue weighted by molar-refractivity contribution is 7.81. The maximum absolute atomic E-state index is 12.6. The number of hydrogen-bond donors (Lipinski definition) is 5. The third-order valence-electron chi connectivity index (χ3n) is 4.15. The number of aromatic hydroxyl groups is 1. The predicted octanol–water partition coefficient (Wildman–Crippen LogP) is 2.22. The lowest BCUT2D eigenvalue weighted by molar-refractivity contribution is 0.0197. The predicted molar refractivity (Wildman–Crippen MR) is 103 cm³/mol. The largest absolute Gasteiger partial charge is 0.510 e. The van der Waals surface area contributed by atoms with Crippen LogP contribution in [0, 0.1) is 0 Å². The molecular weight excluding hydrogens is 372 g/mol. The molecule has 0 unspecified atom stereocenters. The Morgan fingerprint density at radius 1 is 1.26 bits per heavy atom. The number of rotatable bonds is 1. The van der Waals surface area contributed by atoms with E-state index >= 15 is 0 Å². The van der Waals surface area contributed by atoms with Gasteiger partial charge in [0.15, 0.2) is 0 Å². The average molecular weight is 396 g/mol. The third kappa shape index (κ3) is 5.41. The number of benzene rings is 1. The van der Waals surface area contributed by atoms with Crippen LogP contribution in [-0.2, 0) is 4.74 Å². The summed E-state index contributed by atoms with van der Waals surface area (Å²) >= 11 is 4.29. The Hall–Kier alpha value is -2.16. The Bertz CT molecular complexity index is 744. The maximum Gasteiger partial charge on any atom is 0.342 e. The second kappa shape index (κ2) is 9.16. The van der Waals surface area contributed by atoms with E-state index < -0.39 is 35.3 Å². The minimum atomic E-state index is -1.47. The van der Waals surface area contributed by atoms with Crippen molar-refractivity contribution < 1.29 is 34.7 Å². The smallest absolute Gasteiger partial charge is 0.342 e. The van der Waals surface area contributed by atoms with E-state index in [-0.39, 0.29) is 24.2 Å². The highest BCUT2D eigenvalue weighted by atomic mass is 32.1. The summed E-state index contributed by atoms with van der Waals surface area (Å²) in [5, 5.41) is 39.8. The third-order valence-corrected chi connectivity index (χ3v) is 4.51. The van der Waals surface area contributed by atoms with Crippen LogP contribution in [0.1, 0.15) is 35.7 Å². The first-order chi connectivity index (χ1) is 12.7. The van der Waals surface area contributed by atoms with E-state index in [0.29, 0.717) is 11.3 Å². The zero-order valence-electron chi connectivity index (χ0n) is 15.1. The first kappa shape index (κ1) is 21.1. The summed E-state index contributed by atoms with van der Waals surface area (Å²) in [6, 6.07) is 2.85. The van der Waals surface area contributed by atoms with Crippen molar-refractivity contribution in [1.29, 1.82) is 0 Å². The number of aliphatic hydroxyl groups excluding tert-OH is 3.